The molecule has 0 aliphatic carbocycles. The first-order chi connectivity index (χ1) is 14.2. The Hall–Kier alpha value is -2.24. The van der Waals surface area contributed by atoms with Crippen LogP contribution in [0.25, 0.3) is 5.69 Å². The molecule has 5 rings (SSSR count). The number of thioether (sulfide) groups is 1. The van der Waals surface area contributed by atoms with Gasteiger partial charge in [0.05, 0.1) is 5.69 Å². The molecular formula is C23H23ClN4S. The topological polar surface area (TPSA) is 33.4 Å². The van der Waals surface area contributed by atoms with Crippen molar-refractivity contribution in [2.75, 3.05) is 5.75 Å². The molecule has 0 saturated carbocycles. The molecule has 0 unspecified atom stereocenters. The maximum absolute atomic E-state index is 6.28. The van der Waals surface area contributed by atoms with Crippen LogP contribution in [0.15, 0.2) is 65.9 Å². The Labute approximate surface area is 180 Å². The fourth-order valence-electron chi connectivity index (χ4n) is 4.32. The first-order valence-electron chi connectivity index (χ1n) is 10.0. The second-order valence-electron chi connectivity index (χ2n) is 7.57. The Morgan fingerprint density at radius 3 is 2.83 bits per heavy atom. The lowest BCUT2D eigenvalue weighted by atomic mass is 9.99. The van der Waals surface area contributed by atoms with Gasteiger partial charge >= 0.3 is 0 Å². The quantitative estimate of drug-likeness (QED) is 0.531. The molecule has 29 heavy (non-hydrogen) atoms. The van der Waals surface area contributed by atoms with Gasteiger partial charge in [-0.15, -0.1) is 0 Å². The molecule has 1 fully saturated rings. The highest BCUT2D eigenvalue weighted by molar-refractivity contribution is 8.14. The Morgan fingerprint density at radius 1 is 1.17 bits per heavy atom. The molecule has 4 nitrogen and oxygen atoms in total. The molecule has 4 heterocycles. The molecule has 0 radical (unpaired) electrons. The number of halogens is 1. The van der Waals surface area contributed by atoms with E-state index in [1.54, 1.807) is 0 Å². The fraction of sp³-hybridized carbons (Fsp3) is 0.304. The van der Waals surface area contributed by atoms with Gasteiger partial charge in [0.1, 0.15) is 12.1 Å². The van der Waals surface area contributed by atoms with Gasteiger partial charge in [-0.2, -0.15) is 0 Å². The summed E-state index contributed by atoms with van der Waals surface area (Å²) in [5.74, 6) is 1.10. The van der Waals surface area contributed by atoms with Gasteiger partial charge in [-0.25, -0.2) is 0 Å². The normalized spacial score (nSPS) is 23.3. The lowest BCUT2D eigenvalue weighted by Gasteiger charge is -2.32. The third-order valence-electron chi connectivity index (χ3n) is 5.83. The van der Waals surface area contributed by atoms with Crippen LogP contribution in [0.4, 0.5) is 0 Å². The van der Waals surface area contributed by atoms with E-state index >= 15 is 0 Å². The van der Waals surface area contributed by atoms with Crippen LogP contribution in [0.2, 0.25) is 5.02 Å². The number of nitrogens with zero attached hydrogens (tertiary/aromatic N) is 4. The first-order valence-corrected chi connectivity index (χ1v) is 11.4. The molecular weight excluding hydrogens is 400 g/mol. The van der Waals surface area contributed by atoms with Crippen LogP contribution in [-0.4, -0.2) is 31.4 Å². The molecule has 0 bridgehead atoms. The molecule has 1 saturated heterocycles. The molecule has 3 atom stereocenters. The summed E-state index contributed by atoms with van der Waals surface area (Å²) in [7, 11) is 0. The maximum Gasteiger partial charge on any atom is 0.160 e. The Balaban J connectivity index is 1.63. The molecule has 148 valence electrons. The zero-order chi connectivity index (χ0) is 20.0. The Bertz CT molecular complexity index is 1060. The van der Waals surface area contributed by atoms with E-state index in [4.69, 9.17) is 16.6 Å². The van der Waals surface area contributed by atoms with Crippen LogP contribution >= 0.6 is 23.4 Å². The minimum Gasteiger partial charge on any atom is -0.337 e. The second kappa shape index (κ2) is 7.54. The fourth-order valence-corrected chi connectivity index (χ4v) is 5.78. The number of aliphatic imine (C=N–C) groups is 1. The lowest BCUT2D eigenvalue weighted by molar-refractivity contribution is 0.249. The van der Waals surface area contributed by atoms with Crippen molar-refractivity contribution in [3.63, 3.8) is 0 Å². The average molecular weight is 423 g/mol. The number of amidine groups is 1. The highest BCUT2D eigenvalue weighted by Gasteiger charge is 2.46. The van der Waals surface area contributed by atoms with Gasteiger partial charge in [0, 0.05) is 40.6 Å². The molecule has 0 amide bonds. The summed E-state index contributed by atoms with van der Waals surface area (Å²) in [6.45, 7) is 4.31. The van der Waals surface area contributed by atoms with Crippen molar-refractivity contribution >= 4 is 28.5 Å². The van der Waals surface area contributed by atoms with Gasteiger partial charge in [-0.1, -0.05) is 36.4 Å². The molecule has 0 spiro atoms. The van der Waals surface area contributed by atoms with E-state index in [0.29, 0.717) is 6.04 Å². The SMILES string of the molecule is CC[C@@H]1CSC2=N[C@@H](c3ccccn3)[C@@H](c3cccn3-c3ccc(Cl)c(C)c3)N21. The highest BCUT2D eigenvalue weighted by atomic mass is 35.5. The van der Waals surface area contributed by atoms with Crippen LogP contribution in [0.1, 0.15) is 42.4 Å². The number of benzene rings is 1. The maximum atomic E-state index is 6.28. The number of fused-ring (bicyclic) bond motifs is 1. The van der Waals surface area contributed by atoms with Crippen molar-refractivity contribution < 1.29 is 0 Å². The third-order valence-corrected chi connectivity index (χ3v) is 7.38. The highest BCUT2D eigenvalue weighted by Crippen LogP contribution is 2.48. The van der Waals surface area contributed by atoms with Gasteiger partial charge in [0.25, 0.3) is 0 Å². The van der Waals surface area contributed by atoms with Gasteiger partial charge in [0.15, 0.2) is 5.17 Å². The van der Waals surface area contributed by atoms with Crippen molar-refractivity contribution in [2.24, 2.45) is 4.99 Å². The van der Waals surface area contributed by atoms with Gasteiger partial charge in [0.2, 0.25) is 0 Å². The standard InChI is InChI=1S/C23H23ClN4S/c1-3-16-14-29-23-26-21(19-7-4-5-11-25-19)22(28(16)23)20-8-6-12-27(20)17-9-10-18(24)15(2)13-17/h4-13,16,21-22H,3,14H2,1-2H3/t16-,21+,22-/m1/s1. The van der Waals surface area contributed by atoms with Crippen molar-refractivity contribution in [3.05, 3.63) is 82.9 Å². The monoisotopic (exact) mass is 422 g/mol. The van der Waals surface area contributed by atoms with E-state index in [0.717, 1.165) is 39.3 Å². The Kier molecular flexibility index (Phi) is 4.88. The van der Waals surface area contributed by atoms with Crippen molar-refractivity contribution in [3.8, 4) is 5.69 Å². The molecule has 2 aliphatic rings. The van der Waals surface area contributed by atoms with Gasteiger partial charge < -0.3 is 9.47 Å². The minimum absolute atomic E-state index is 0.00454. The van der Waals surface area contributed by atoms with Crippen LogP contribution in [-0.2, 0) is 0 Å². The Morgan fingerprint density at radius 2 is 2.07 bits per heavy atom. The smallest absolute Gasteiger partial charge is 0.160 e. The number of aromatic nitrogens is 2. The van der Waals surface area contributed by atoms with Crippen LogP contribution in [0.5, 0.6) is 0 Å². The van der Waals surface area contributed by atoms with Crippen molar-refractivity contribution in [1.29, 1.82) is 0 Å². The lowest BCUT2D eigenvalue weighted by Crippen LogP contribution is -2.36. The predicted molar refractivity (Wildman–Crippen MR) is 121 cm³/mol. The van der Waals surface area contributed by atoms with Crippen molar-refractivity contribution in [2.45, 2.75) is 38.4 Å². The van der Waals surface area contributed by atoms with Crippen LogP contribution in [0, 0.1) is 6.92 Å². The minimum atomic E-state index is -0.00454. The summed E-state index contributed by atoms with van der Waals surface area (Å²) in [4.78, 5) is 12.3. The van der Waals surface area contributed by atoms with E-state index in [-0.39, 0.29) is 12.1 Å². The van der Waals surface area contributed by atoms with E-state index in [9.17, 15) is 0 Å². The third kappa shape index (κ3) is 3.17. The van der Waals surface area contributed by atoms with Gasteiger partial charge in [-0.05, 0) is 61.4 Å². The first kappa shape index (κ1) is 18.8. The number of pyridine rings is 1. The zero-order valence-corrected chi connectivity index (χ0v) is 18.1. The van der Waals surface area contributed by atoms with Crippen LogP contribution in [0.3, 0.4) is 0 Å². The molecule has 1 aromatic carbocycles. The summed E-state index contributed by atoms with van der Waals surface area (Å²) >= 11 is 8.15. The van der Waals surface area contributed by atoms with Crippen molar-refractivity contribution in [1.82, 2.24) is 14.5 Å². The van der Waals surface area contributed by atoms with E-state index in [2.05, 4.69) is 64.0 Å². The van der Waals surface area contributed by atoms with Gasteiger partial charge in [-0.3, -0.25) is 9.98 Å². The van der Waals surface area contributed by atoms with E-state index < -0.39 is 0 Å². The van der Waals surface area contributed by atoms with E-state index in [1.807, 2.05) is 37.0 Å². The summed E-state index contributed by atoms with van der Waals surface area (Å²) in [5, 5.41) is 1.94. The summed E-state index contributed by atoms with van der Waals surface area (Å²) in [6, 6.07) is 17.3. The average Bonchev–Trinajstić information content (AvgIpc) is 3.45. The largest absolute Gasteiger partial charge is 0.337 e. The molecule has 3 aromatic rings. The van der Waals surface area contributed by atoms with E-state index in [1.165, 1.54) is 5.69 Å². The number of hydrogen-bond donors (Lipinski definition) is 0. The summed E-state index contributed by atoms with van der Waals surface area (Å²) in [6.07, 6.45) is 5.11. The second-order valence-corrected chi connectivity index (χ2v) is 8.97. The zero-order valence-electron chi connectivity index (χ0n) is 16.5. The predicted octanol–water partition coefficient (Wildman–Crippen LogP) is 5.81. The molecule has 6 heteroatoms. The summed E-state index contributed by atoms with van der Waals surface area (Å²) in [5.41, 5.74) is 4.47. The molecule has 2 aliphatic heterocycles. The number of aryl methyl sites for hydroxylation is 1. The summed E-state index contributed by atoms with van der Waals surface area (Å²) < 4.78 is 2.28. The van der Waals surface area contributed by atoms with Crippen LogP contribution < -0.4 is 0 Å². The molecule has 2 aromatic heterocycles. The number of hydrogen-bond acceptors (Lipinski definition) is 4. The number of rotatable bonds is 4. The molecule has 0 N–H and O–H groups in total.